The molecular formula is C17H16Cl2FNO3. The summed E-state index contributed by atoms with van der Waals surface area (Å²) in [5, 5.41) is 3.37. The number of nitrogens with one attached hydrogen (secondary N) is 1. The molecule has 0 aliphatic heterocycles. The average Bonchev–Trinajstić information content (AvgIpc) is 2.52. The maximum absolute atomic E-state index is 12.9. The molecule has 0 heterocycles. The van der Waals surface area contributed by atoms with Crippen LogP contribution in [0.5, 0.6) is 11.5 Å². The first-order valence-corrected chi connectivity index (χ1v) is 8.05. The SMILES string of the molecule is CCOc1ccc(Cl)cc1NC(=O)CCOc1ccc(F)cc1Cl. The van der Waals surface area contributed by atoms with Crippen LogP contribution in [0.3, 0.4) is 0 Å². The predicted molar refractivity (Wildman–Crippen MR) is 92.8 cm³/mol. The van der Waals surface area contributed by atoms with Gasteiger partial charge in [0.15, 0.2) is 0 Å². The molecule has 0 spiro atoms. The highest BCUT2D eigenvalue weighted by Gasteiger charge is 2.10. The van der Waals surface area contributed by atoms with E-state index in [4.69, 9.17) is 32.7 Å². The van der Waals surface area contributed by atoms with Crippen LogP contribution in [0.25, 0.3) is 0 Å². The van der Waals surface area contributed by atoms with Crippen molar-refractivity contribution in [3.8, 4) is 11.5 Å². The first kappa shape index (κ1) is 18.4. The summed E-state index contributed by atoms with van der Waals surface area (Å²) in [5.74, 6) is 0.146. The van der Waals surface area contributed by atoms with Gasteiger partial charge >= 0.3 is 0 Å². The molecule has 0 bridgehead atoms. The Balaban J connectivity index is 1.90. The number of amides is 1. The van der Waals surface area contributed by atoms with E-state index < -0.39 is 5.82 Å². The third-order valence-electron chi connectivity index (χ3n) is 3.00. The molecule has 0 aliphatic rings. The molecule has 1 amide bonds. The minimum Gasteiger partial charge on any atom is -0.492 e. The Morgan fingerprint density at radius 1 is 1.12 bits per heavy atom. The molecular weight excluding hydrogens is 356 g/mol. The molecule has 0 atom stereocenters. The van der Waals surface area contributed by atoms with Crippen molar-refractivity contribution in [1.29, 1.82) is 0 Å². The largest absolute Gasteiger partial charge is 0.492 e. The van der Waals surface area contributed by atoms with Gasteiger partial charge in [-0.3, -0.25) is 4.79 Å². The van der Waals surface area contributed by atoms with Crippen molar-refractivity contribution < 1.29 is 18.7 Å². The van der Waals surface area contributed by atoms with Gasteiger partial charge in [0.05, 0.1) is 30.3 Å². The first-order chi connectivity index (χ1) is 11.5. The maximum atomic E-state index is 12.9. The third kappa shape index (κ3) is 5.28. The van der Waals surface area contributed by atoms with E-state index in [1.807, 2.05) is 6.92 Å². The summed E-state index contributed by atoms with van der Waals surface area (Å²) in [7, 11) is 0. The van der Waals surface area contributed by atoms with E-state index >= 15 is 0 Å². The molecule has 2 rings (SSSR count). The van der Waals surface area contributed by atoms with Crippen molar-refractivity contribution in [2.45, 2.75) is 13.3 Å². The van der Waals surface area contributed by atoms with E-state index in [1.54, 1.807) is 18.2 Å². The highest BCUT2D eigenvalue weighted by atomic mass is 35.5. The molecule has 2 aromatic rings. The zero-order chi connectivity index (χ0) is 17.5. The molecule has 24 heavy (non-hydrogen) atoms. The normalized spacial score (nSPS) is 10.3. The topological polar surface area (TPSA) is 47.6 Å². The monoisotopic (exact) mass is 371 g/mol. The fraction of sp³-hybridized carbons (Fsp3) is 0.235. The van der Waals surface area contributed by atoms with Crippen molar-refractivity contribution in [3.63, 3.8) is 0 Å². The number of carbonyl (C=O) groups excluding carboxylic acids is 1. The summed E-state index contributed by atoms with van der Waals surface area (Å²) in [5.41, 5.74) is 0.495. The number of hydrogen-bond acceptors (Lipinski definition) is 3. The van der Waals surface area contributed by atoms with E-state index in [0.29, 0.717) is 28.8 Å². The van der Waals surface area contributed by atoms with Gasteiger partial charge in [0, 0.05) is 5.02 Å². The van der Waals surface area contributed by atoms with Crippen LogP contribution in [0.2, 0.25) is 10.0 Å². The van der Waals surface area contributed by atoms with Gasteiger partial charge in [-0.05, 0) is 43.3 Å². The van der Waals surface area contributed by atoms with Gasteiger partial charge in [-0.15, -0.1) is 0 Å². The van der Waals surface area contributed by atoms with Crippen LogP contribution in [0.1, 0.15) is 13.3 Å². The molecule has 0 aliphatic carbocycles. The van der Waals surface area contributed by atoms with Crippen molar-refractivity contribution in [1.82, 2.24) is 0 Å². The Kier molecular flexibility index (Phi) is 6.70. The average molecular weight is 372 g/mol. The number of halogens is 3. The fourth-order valence-corrected chi connectivity index (χ4v) is 2.33. The summed E-state index contributed by atoms with van der Waals surface area (Å²) in [6.07, 6.45) is 0.0891. The summed E-state index contributed by atoms with van der Waals surface area (Å²) >= 11 is 11.8. The van der Waals surface area contributed by atoms with Gasteiger partial charge in [-0.1, -0.05) is 23.2 Å². The second-order valence-electron chi connectivity index (χ2n) is 4.79. The summed E-state index contributed by atoms with van der Waals surface area (Å²) in [4.78, 5) is 12.0. The van der Waals surface area contributed by atoms with Crippen molar-refractivity contribution in [2.24, 2.45) is 0 Å². The zero-order valence-corrected chi connectivity index (χ0v) is 14.5. The zero-order valence-electron chi connectivity index (χ0n) is 12.9. The maximum Gasteiger partial charge on any atom is 0.227 e. The highest BCUT2D eigenvalue weighted by Crippen LogP contribution is 2.28. The summed E-state index contributed by atoms with van der Waals surface area (Å²) < 4.78 is 23.8. The number of hydrogen-bond donors (Lipinski definition) is 1. The Bertz CT molecular complexity index is 725. The van der Waals surface area contributed by atoms with Crippen LogP contribution in [-0.2, 0) is 4.79 Å². The van der Waals surface area contributed by atoms with Gasteiger partial charge in [-0.25, -0.2) is 4.39 Å². The molecule has 0 fully saturated rings. The minimum absolute atomic E-state index is 0.0891. The Hall–Kier alpha value is -1.98. The van der Waals surface area contributed by atoms with Crippen LogP contribution in [0.4, 0.5) is 10.1 Å². The van der Waals surface area contributed by atoms with E-state index in [1.165, 1.54) is 12.1 Å². The first-order valence-electron chi connectivity index (χ1n) is 7.29. The molecule has 128 valence electrons. The number of rotatable bonds is 7. The second-order valence-corrected chi connectivity index (χ2v) is 5.64. The second kappa shape index (κ2) is 8.76. The minimum atomic E-state index is -0.450. The lowest BCUT2D eigenvalue weighted by Crippen LogP contribution is -2.16. The molecule has 0 radical (unpaired) electrons. The van der Waals surface area contributed by atoms with E-state index in [2.05, 4.69) is 5.32 Å². The Morgan fingerprint density at radius 2 is 1.88 bits per heavy atom. The van der Waals surface area contributed by atoms with E-state index in [0.717, 1.165) is 6.07 Å². The number of benzene rings is 2. The van der Waals surface area contributed by atoms with Crippen LogP contribution in [0.15, 0.2) is 36.4 Å². The molecule has 2 aromatic carbocycles. The van der Waals surface area contributed by atoms with Crippen LogP contribution in [0, 0.1) is 5.82 Å². The number of anilines is 1. The van der Waals surface area contributed by atoms with Gasteiger partial charge in [0.25, 0.3) is 0 Å². The van der Waals surface area contributed by atoms with Crippen LogP contribution < -0.4 is 14.8 Å². The smallest absolute Gasteiger partial charge is 0.227 e. The number of carbonyl (C=O) groups is 1. The molecule has 0 unspecified atom stereocenters. The van der Waals surface area contributed by atoms with Crippen LogP contribution >= 0.6 is 23.2 Å². The van der Waals surface area contributed by atoms with Crippen LogP contribution in [-0.4, -0.2) is 19.1 Å². The summed E-state index contributed by atoms with van der Waals surface area (Å²) in [6.45, 7) is 2.42. The lowest BCUT2D eigenvalue weighted by molar-refractivity contribution is -0.116. The molecule has 0 saturated heterocycles. The Labute approximate surface area is 149 Å². The molecule has 4 nitrogen and oxygen atoms in total. The summed E-state index contributed by atoms with van der Waals surface area (Å²) in [6, 6.07) is 8.79. The quantitative estimate of drug-likeness (QED) is 0.749. The van der Waals surface area contributed by atoms with Crippen molar-refractivity contribution in [3.05, 3.63) is 52.3 Å². The lowest BCUT2D eigenvalue weighted by Gasteiger charge is -2.12. The van der Waals surface area contributed by atoms with E-state index in [-0.39, 0.29) is 24.0 Å². The van der Waals surface area contributed by atoms with Crippen molar-refractivity contribution in [2.75, 3.05) is 18.5 Å². The van der Waals surface area contributed by atoms with Gasteiger partial charge in [0.2, 0.25) is 5.91 Å². The standard InChI is InChI=1S/C17H16Cl2FNO3/c1-2-23-16-5-3-11(18)9-14(16)21-17(22)7-8-24-15-6-4-12(20)10-13(15)19/h3-6,9-10H,2,7-8H2,1H3,(H,21,22). The molecule has 0 saturated carbocycles. The number of ether oxygens (including phenoxy) is 2. The van der Waals surface area contributed by atoms with Crippen molar-refractivity contribution >= 4 is 34.8 Å². The highest BCUT2D eigenvalue weighted by molar-refractivity contribution is 6.32. The molecule has 1 N–H and O–H groups in total. The lowest BCUT2D eigenvalue weighted by atomic mass is 10.2. The van der Waals surface area contributed by atoms with E-state index in [9.17, 15) is 9.18 Å². The van der Waals surface area contributed by atoms with Gasteiger partial charge in [0.1, 0.15) is 17.3 Å². The molecule has 7 heteroatoms. The fourth-order valence-electron chi connectivity index (χ4n) is 1.94. The van der Waals surface area contributed by atoms with Gasteiger partial charge < -0.3 is 14.8 Å². The van der Waals surface area contributed by atoms with Gasteiger partial charge in [-0.2, -0.15) is 0 Å². The predicted octanol–water partition coefficient (Wildman–Crippen LogP) is 4.94. The third-order valence-corrected chi connectivity index (χ3v) is 3.53. The Morgan fingerprint density at radius 3 is 2.58 bits per heavy atom. The molecule has 0 aromatic heterocycles.